The van der Waals surface area contributed by atoms with Gasteiger partial charge >= 0.3 is 0 Å². The summed E-state index contributed by atoms with van der Waals surface area (Å²) >= 11 is 0. The summed E-state index contributed by atoms with van der Waals surface area (Å²) in [5, 5.41) is 13.6. The fourth-order valence-corrected chi connectivity index (χ4v) is 3.60. The molecule has 6 heteroatoms. The molecule has 1 amide bonds. The smallest absolute Gasteiger partial charge is 0.225 e. The van der Waals surface area contributed by atoms with Crippen LogP contribution in [0.3, 0.4) is 0 Å². The van der Waals surface area contributed by atoms with E-state index < -0.39 is 5.60 Å². The lowest BCUT2D eigenvalue weighted by Crippen LogP contribution is -2.46. The Morgan fingerprint density at radius 1 is 1.42 bits per heavy atom. The van der Waals surface area contributed by atoms with Crippen LogP contribution in [0.15, 0.2) is 18.2 Å². The van der Waals surface area contributed by atoms with Crippen molar-refractivity contribution in [1.82, 2.24) is 9.88 Å². The van der Waals surface area contributed by atoms with E-state index in [1.54, 1.807) is 0 Å². The molecule has 2 aliphatic rings. The van der Waals surface area contributed by atoms with E-state index in [-0.39, 0.29) is 18.4 Å². The molecule has 1 saturated heterocycles. The van der Waals surface area contributed by atoms with Crippen LogP contribution in [0.4, 0.5) is 5.82 Å². The zero-order chi connectivity index (χ0) is 17.0. The molecule has 1 saturated carbocycles. The molecule has 6 nitrogen and oxygen atoms in total. The monoisotopic (exact) mass is 333 g/mol. The number of amides is 1. The number of carbonyl (C=O) groups excluding carboxylic acids is 1. The lowest BCUT2D eigenvalue weighted by atomic mass is 9.82. The standard InChI is InChI=1S/C18H27N3O3/c1-19-16-7-5-6-14(20-16)15-13-21(10-11-24-15)17(22)12-18(23)8-3-2-4-9-18/h5-7,15,23H,2-4,8-13H2,1H3,(H,19,20)/t15-/m0/s1. The van der Waals surface area contributed by atoms with Gasteiger partial charge in [-0.1, -0.05) is 25.3 Å². The maximum atomic E-state index is 12.6. The van der Waals surface area contributed by atoms with Gasteiger partial charge in [-0.2, -0.15) is 0 Å². The molecule has 2 fully saturated rings. The minimum atomic E-state index is -0.812. The Morgan fingerprint density at radius 3 is 2.96 bits per heavy atom. The molecule has 0 spiro atoms. The first-order valence-corrected chi connectivity index (χ1v) is 8.86. The molecule has 2 N–H and O–H groups in total. The van der Waals surface area contributed by atoms with Gasteiger partial charge in [0.05, 0.1) is 30.9 Å². The van der Waals surface area contributed by atoms with Crippen molar-refractivity contribution in [3.8, 4) is 0 Å². The fourth-order valence-electron chi connectivity index (χ4n) is 3.60. The number of pyridine rings is 1. The molecule has 1 atom stereocenters. The van der Waals surface area contributed by atoms with Crippen molar-refractivity contribution >= 4 is 11.7 Å². The molecule has 0 aromatic carbocycles. The van der Waals surface area contributed by atoms with E-state index in [1.165, 1.54) is 0 Å². The average molecular weight is 333 g/mol. The first-order valence-electron chi connectivity index (χ1n) is 8.86. The van der Waals surface area contributed by atoms with Crippen molar-refractivity contribution in [1.29, 1.82) is 0 Å². The number of aromatic nitrogens is 1. The van der Waals surface area contributed by atoms with Crippen LogP contribution in [-0.2, 0) is 9.53 Å². The zero-order valence-electron chi connectivity index (χ0n) is 14.3. The van der Waals surface area contributed by atoms with Gasteiger partial charge in [0.2, 0.25) is 5.91 Å². The number of nitrogens with one attached hydrogen (secondary N) is 1. The lowest BCUT2D eigenvalue weighted by Gasteiger charge is -2.37. The molecule has 0 unspecified atom stereocenters. The van der Waals surface area contributed by atoms with Crippen molar-refractivity contribution in [3.05, 3.63) is 23.9 Å². The van der Waals surface area contributed by atoms with Crippen LogP contribution in [0.25, 0.3) is 0 Å². The van der Waals surface area contributed by atoms with Crippen LogP contribution in [0, 0.1) is 0 Å². The Labute approximate surface area is 143 Å². The Bertz CT molecular complexity index is 572. The summed E-state index contributed by atoms with van der Waals surface area (Å²) < 4.78 is 5.81. The molecule has 24 heavy (non-hydrogen) atoms. The molecular weight excluding hydrogens is 306 g/mol. The van der Waals surface area contributed by atoms with E-state index in [9.17, 15) is 9.90 Å². The molecule has 1 aliphatic heterocycles. The third-order valence-corrected chi connectivity index (χ3v) is 5.04. The lowest BCUT2D eigenvalue weighted by molar-refractivity contribution is -0.145. The van der Waals surface area contributed by atoms with Crippen molar-refractivity contribution < 1.29 is 14.6 Å². The second-order valence-corrected chi connectivity index (χ2v) is 6.86. The number of hydrogen-bond donors (Lipinski definition) is 2. The summed E-state index contributed by atoms with van der Waals surface area (Å²) in [6, 6.07) is 5.75. The van der Waals surface area contributed by atoms with Crippen molar-refractivity contribution in [2.24, 2.45) is 0 Å². The van der Waals surface area contributed by atoms with Gasteiger partial charge in [0.1, 0.15) is 11.9 Å². The number of morpholine rings is 1. The Kier molecular flexibility index (Phi) is 5.36. The van der Waals surface area contributed by atoms with Gasteiger partial charge < -0.3 is 20.1 Å². The molecule has 1 aliphatic carbocycles. The maximum Gasteiger partial charge on any atom is 0.225 e. The molecule has 3 rings (SSSR count). The number of carbonyl (C=O) groups is 1. The van der Waals surface area contributed by atoms with Crippen LogP contribution in [-0.4, -0.2) is 53.2 Å². The highest BCUT2D eigenvalue weighted by atomic mass is 16.5. The van der Waals surface area contributed by atoms with Gasteiger partial charge in [0.25, 0.3) is 0 Å². The Hall–Kier alpha value is -1.66. The van der Waals surface area contributed by atoms with Gasteiger partial charge in [-0.05, 0) is 25.0 Å². The van der Waals surface area contributed by atoms with Gasteiger partial charge in [0.15, 0.2) is 0 Å². The number of ether oxygens (including phenoxy) is 1. The Morgan fingerprint density at radius 2 is 2.21 bits per heavy atom. The predicted molar refractivity (Wildman–Crippen MR) is 91.7 cm³/mol. The highest BCUT2D eigenvalue weighted by molar-refractivity contribution is 5.77. The summed E-state index contributed by atoms with van der Waals surface area (Å²) in [6.45, 7) is 1.58. The topological polar surface area (TPSA) is 74.7 Å². The van der Waals surface area contributed by atoms with E-state index in [4.69, 9.17) is 4.74 Å². The fraction of sp³-hybridized carbons (Fsp3) is 0.667. The third-order valence-electron chi connectivity index (χ3n) is 5.04. The molecule has 2 heterocycles. The Balaban J connectivity index is 1.63. The van der Waals surface area contributed by atoms with E-state index in [0.717, 1.165) is 43.6 Å². The largest absolute Gasteiger partial charge is 0.389 e. The van der Waals surface area contributed by atoms with Crippen LogP contribution >= 0.6 is 0 Å². The highest BCUT2D eigenvalue weighted by Gasteiger charge is 2.35. The maximum absolute atomic E-state index is 12.6. The molecular formula is C18H27N3O3. The minimum Gasteiger partial charge on any atom is -0.389 e. The summed E-state index contributed by atoms with van der Waals surface area (Å²) in [4.78, 5) is 19.0. The van der Waals surface area contributed by atoms with Gasteiger partial charge in [-0.15, -0.1) is 0 Å². The van der Waals surface area contributed by atoms with E-state index in [2.05, 4.69) is 10.3 Å². The van der Waals surface area contributed by atoms with Gasteiger partial charge in [-0.3, -0.25) is 4.79 Å². The zero-order valence-corrected chi connectivity index (χ0v) is 14.3. The normalized spacial score (nSPS) is 23.8. The third kappa shape index (κ3) is 4.05. The number of rotatable bonds is 4. The predicted octanol–water partition coefficient (Wildman–Crippen LogP) is 2.11. The summed E-state index contributed by atoms with van der Waals surface area (Å²) in [7, 11) is 1.83. The van der Waals surface area contributed by atoms with Crippen molar-refractivity contribution in [3.63, 3.8) is 0 Å². The van der Waals surface area contributed by atoms with E-state index in [0.29, 0.717) is 19.7 Å². The molecule has 0 bridgehead atoms. The van der Waals surface area contributed by atoms with Crippen molar-refractivity contribution in [2.45, 2.75) is 50.2 Å². The number of anilines is 1. The average Bonchev–Trinajstić information content (AvgIpc) is 2.62. The highest BCUT2D eigenvalue weighted by Crippen LogP contribution is 2.32. The number of aliphatic hydroxyl groups is 1. The van der Waals surface area contributed by atoms with E-state index >= 15 is 0 Å². The van der Waals surface area contributed by atoms with Crippen molar-refractivity contribution in [2.75, 3.05) is 32.1 Å². The SMILES string of the molecule is CNc1cccc([C@@H]2CN(C(=O)CC3(O)CCCCC3)CCO2)n1. The van der Waals surface area contributed by atoms with Crippen LogP contribution < -0.4 is 5.32 Å². The molecule has 1 aromatic rings. The second-order valence-electron chi connectivity index (χ2n) is 6.86. The molecule has 0 radical (unpaired) electrons. The molecule has 132 valence electrons. The second kappa shape index (κ2) is 7.49. The number of nitrogens with zero attached hydrogens (tertiary/aromatic N) is 2. The first kappa shape index (κ1) is 17.2. The molecule has 1 aromatic heterocycles. The van der Waals surface area contributed by atoms with Gasteiger partial charge in [0, 0.05) is 13.6 Å². The number of hydrogen-bond acceptors (Lipinski definition) is 5. The van der Waals surface area contributed by atoms with Gasteiger partial charge in [-0.25, -0.2) is 4.98 Å². The van der Waals surface area contributed by atoms with Crippen LogP contribution in [0.1, 0.15) is 50.3 Å². The van der Waals surface area contributed by atoms with Crippen LogP contribution in [0.5, 0.6) is 0 Å². The van der Waals surface area contributed by atoms with E-state index in [1.807, 2.05) is 30.1 Å². The quantitative estimate of drug-likeness (QED) is 0.883. The summed E-state index contributed by atoms with van der Waals surface area (Å²) in [5.74, 6) is 0.813. The summed E-state index contributed by atoms with van der Waals surface area (Å²) in [6.07, 6.45) is 4.66. The minimum absolute atomic E-state index is 0.0254. The summed E-state index contributed by atoms with van der Waals surface area (Å²) in [5.41, 5.74) is 0.0173. The van der Waals surface area contributed by atoms with Crippen LogP contribution in [0.2, 0.25) is 0 Å². The first-order chi connectivity index (χ1) is 11.6.